The number of halogens is 1. The highest BCUT2D eigenvalue weighted by Crippen LogP contribution is 1.67. The van der Waals surface area contributed by atoms with Crippen molar-refractivity contribution in [1.29, 1.82) is 0 Å². The van der Waals surface area contributed by atoms with Crippen LogP contribution in [0.2, 0.25) is 0 Å². The van der Waals surface area contributed by atoms with Crippen molar-refractivity contribution in [2.75, 3.05) is 64.2 Å². The topological polar surface area (TPSA) is 74.1 Å². The second-order valence-electron chi connectivity index (χ2n) is 4.50. The van der Waals surface area contributed by atoms with Crippen LogP contribution in [-0.2, 0) is 0 Å². The molecule has 0 aromatic rings. The fourth-order valence-electron chi connectivity index (χ4n) is 1.000. The summed E-state index contributed by atoms with van der Waals surface area (Å²) in [5.41, 5.74) is 4.85. The van der Waals surface area contributed by atoms with Crippen molar-refractivity contribution in [3.8, 4) is 0 Å². The minimum absolute atomic E-state index is 0. The molecule has 0 radical (unpaired) electrons. The summed E-state index contributed by atoms with van der Waals surface area (Å²) in [6.07, 6.45) is 0. The van der Waals surface area contributed by atoms with Crippen molar-refractivity contribution in [2.24, 2.45) is 5.73 Å². The quantitative estimate of drug-likeness (QED) is 0.278. The van der Waals surface area contributed by atoms with E-state index in [4.69, 9.17) is 5.73 Å². The van der Waals surface area contributed by atoms with Crippen LogP contribution in [-0.4, -0.2) is 64.2 Å². The summed E-state index contributed by atoms with van der Waals surface area (Å²) in [6.45, 7) is 30.2. The summed E-state index contributed by atoms with van der Waals surface area (Å²) in [4.78, 5) is 0. The molecule has 0 unspecified atom stereocenters. The summed E-state index contributed by atoms with van der Waals surface area (Å²) >= 11 is 3.15. The normalized spacial score (nSPS) is 7.03. The Morgan fingerprint density at radius 2 is 0.517 bits per heavy atom. The molecule has 0 saturated carbocycles. The molecule has 0 amide bonds. The van der Waals surface area contributed by atoms with Crippen LogP contribution in [0.4, 0.5) is 0 Å². The van der Waals surface area contributed by atoms with E-state index in [0.717, 1.165) is 64.2 Å². The van der Waals surface area contributed by atoms with Gasteiger partial charge in [0.2, 0.25) is 0 Å². The zero-order valence-corrected chi connectivity index (χ0v) is 21.6. The van der Waals surface area contributed by atoms with Gasteiger partial charge < -0.3 is 27.0 Å². The van der Waals surface area contributed by atoms with Crippen LogP contribution in [0, 0.1) is 0 Å². The molecule has 0 rings (SSSR count). The highest BCUT2D eigenvalue weighted by molar-refractivity contribution is 9.09. The van der Waals surface area contributed by atoms with Gasteiger partial charge in [0.25, 0.3) is 0 Å². The third-order valence-corrected chi connectivity index (χ3v) is 2.00. The Morgan fingerprint density at radius 1 is 0.448 bits per heavy atom. The Morgan fingerprint density at radius 3 is 0.517 bits per heavy atom. The van der Waals surface area contributed by atoms with E-state index in [-0.39, 0.29) is 22.3 Å². The standard InChI is InChI=1S/4C4H11N.C2H5Br.C2H7N.3CH4/c4*1-3-5-4-2;2*1-2-3;;;/h4*5H,3-4H2,1-2H3;2H2,1H3;2-3H2,1H3;3*1H4. The Kier molecular flexibility index (Phi) is 203. The zero-order valence-electron chi connectivity index (χ0n) is 20.0. The molecule has 0 heterocycles. The number of rotatable bonds is 8. The van der Waals surface area contributed by atoms with E-state index in [1.807, 2.05) is 13.8 Å². The van der Waals surface area contributed by atoms with E-state index in [2.05, 4.69) is 92.6 Å². The number of hydrogen-bond acceptors (Lipinski definition) is 5. The summed E-state index contributed by atoms with van der Waals surface area (Å²) in [7, 11) is 0. The van der Waals surface area contributed by atoms with Gasteiger partial charge in [-0.15, -0.1) is 0 Å². The maximum absolute atomic E-state index is 4.85. The van der Waals surface area contributed by atoms with Gasteiger partial charge in [-0.25, -0.2) is 0 Å². The van der Waals surface area contributed by atoms with E-state index >= 15 is 0 Å². The van der Waals surface area contributed by atoms with E-state index < -0.39 is 0 Å². The Bertz CT molecular complexity index is 97.8. The van der Waals surface area contributed by atoms with Gasteiger partial charge in [0.05, 0.1) is 0 Å². The van der Waals surface area contributed by atoms with Crippen LogP contribution < -0.4 is 27.0 Å². The molecule has 0 spiro atoms. The lowest BCUT2D eigenvalue weighted by Crippen LogP contribution is -2.09. The van der Waals surface area contributed by atoms with Crippen molar-refractivity contribution in [3.63, 3.8) is 0 Å². The summed E-state index contributed by atoms with van der Waals surface area (Å²) < 4.78 is 0. The molecule has 6 N–H and O–H groups in total. The SMILES string of the molecule is C.C.C.CCBr.CCN.CCNCC.CCNCC.CCNCC.CCNCC. The predicted molar refractivity (Wildman–Crippen MR) is 151 cm³/mol. The molecule has 6 heteroatoms. The minimum atomic E-state index is 0. The first-order valence-corrected chi connectivity index (χ1v) is 11.7. The van der Waals surface area contributed by atoms with Crippen molar-refractivity contribution in [3.05, 3.63) is 0 Å². The van der Waals surface area contributed by atoms with Crippen molar-refractivity contribution >= 4 is 15.9 Å². The maximum atomic E-state index is 4.85. The van der Waals surface area contributed by atoms with Gasteiger partial charge in [-0.3, -0.25) is 0 Å². The second kappa shape index (κ2) is 103. The Balaban J connectivity index is -0.0000000234. The second-order valence-corrected chi connectivity index (χ2v) is 5.63. The Labute approximate surface area is 198 Å². The van der Waals surface area contributed by atoms with Crippen LogP contribution in [0.5, 0.6) is 0 Å². The molecule has 0 aliphatic carbocycles. The fraction of sp³-hybridized carbons (Fsp3) is 1.00. The molecule has 0 aromatic heterocycles. The molecule has 29 heavy (non-hydrogen) atoms. The summed E-state index contributed by atoms with van der Waals surface area (Å²) in [5.74, 6) is 0. The van der Waals surface area contributed by atoms with E-state index in [1.54, 1.807) is 0 Å². The lowest BCUT2D eigenvalue weighted by molar-refractivity contribution is 0.762. The Hall–Kier alpha value is 0.280. The fourth-order valence-corrected chi connectivity index (χ4v) is 1.000. The van der Waals surface area contributed by atoms with Gasteiger partial charge in [0, 0.05) is 5.33 Å². The first kappa shape index (κ1) is 56.9. The molecule has 0 aromatic carbocycles. The number of nitrogens with two attached hydrogens (primary N) is 1. The monoisotopic (exact) mass is 493 g/mol. The molecule has 0 aliphatic rings. The number of hydrogen-bond donors (Lipinski definition) is 5. The number of alkyl halides is 1. The van der Waals surface area contributed by atoms with Gasteiger partial charge in [0.1, 0.15) is 0 Å². The van der Waals surface area contributed by atoms with E-state index in [1.165, 1.54) is 0 Å². The highest BCUT2D eigenvalue weighted by Gasteiger charge is 1.64. The third kappa shape index (κ3) is 285. The average molecular weight is 495 g/mol. The van der Waals surface area contributed by atoms with Crippen molar-refractivity contribution < 1.29 is 0 Å². The summed E-state index contributed by atoms with van der Waals surface area (Å²) in [6, 6.07) is 0. The third-order valence-electron chi connectivity index (χ3n) is 2.00. The first-order chi connectivity index (χ1) is 12.5. The molecule has 0 bridgehead atoms. The molecule has 0 fully saturated rings. The lowest BCUT2D eigenvalue weighted by atomic mass is 10.7. The van der Waals surface area contributed by atoms with Crippen LogP contribution in [0.1, 0.15) is 91.5 Å². The zero-order chi connectivity index (χ0) is 21.9. The van der Waals surface area contributed by atoms with Crippen LogP contribution in [0.25, 0.3) is 0 Å². The average Bonchev–Trinajstić information content (AvgIpc) is 2.61. The van der Waals surface area contributed by atoms with E-state index in [0.29, 0.717) is 0 Å². The number of nitrogens with one attached hydrogen (secondary N) is 4. The van der Waals surface area contributed by atoms with E-state index in [9.17, 15) is 0 Å². The van der Waals surface area contributed by atoms with Gasteiger partial charge in [-0.2, -0.15) is 0 Å². The molecular weight excluding hydrogens is 426 g/mol. The molecule has 5 nitrogen and oxygen atoms in total. The van der Waals surface area contributed by atoms with Crippen molar-refractivity contribution in [1.82, 2.24) is 21.3 Å². The molecule has 0 atom stereocenters. The minimum Gasteiger partial charge on any atom is -0.331 e. The van der Waals surface area contributed by atoms with Crippen LogP contribution in [0.3, 0.4) is 0 Å². The lowest BCUT2D eigenvalue weighted by Gasteiger charge is -1.86. The smallest absolute Gasteiger partial charge is 0.000281 e. The van der Waals surface area contributed by atoms with Gasteiger partial charge in [-0.1, -0.05) is 107 Å². The molecule has 0 aliphatic heterocycles. The van der Waals surface area contributed by atoms with Gasteiger partial charge in [0.15, 0.2) is 0 Å². The first-order valence-electron chi connectivity index (χ1n) is 10.6. The van der Waals surface area contributed by atoms with Crippen molar-refractivity contribution in [2.45, 2.75) is 91.5 Å². The predicted octanol–water partition coefficient (Wildman–Crippen LogP) is 5.74. The van der Waals surface area contributed by atoms with Gasteiger partial charge >= 0.3 is 0 Å². The van der Waals surface area contributed by atoms with Gasteiger partial charge in [-0.05, 0) is 58.9 Å². The largest absolute Gasteiger partial charge is 0.331 e. The van der Waals surface area contributed by atoms with Crippen LogP contribution in [0.15, 0.2) is 0 Å². The summed E-state index contributed by atoms with van der Waals surface area (Å²) in [5, 5.41) is 13.5. The highest BCUT2D eigenvalue weighted by atomic mass is 79.9. The van der Waals surface area contributed by atoms with Crippen LogP contribution >= 0.6 is 15.9 Å². The maximum Gasteiger partial charge on any atom is 0.000281 e. The molecular formula is C23H68BrN5. The molecule has 192 valence electrons. The molecule has 0 saturated heterocycles.